The molecule has 92 valence electrons. The van der Waals surface area contributed by atoms with E-state index in [-0.39, 0.29) is 0 Å². The summed E-state index contributed by atoms with van der Waals surface area (Å²) in [6.45, 7) is 0. The van der Waals surface area contributed by atoms with E-state index >= 15 is 0 Å². The number of para-hydroxylation sites is 1. The number of amides is 1. The molecule has 3 nitrogen and oxygen atoms in total. The summed E-state index contributed by atoms with van der Waals surface area (Å²) in [5, 5.41) is 3.27. The maximum Gasteiger partial charge on any atom is 0.249 e. The SMILES string of the molecule is NC(=O)c1ccccc1SCNc1ccccc1. The Balaban J connectivity index is 1.97. The number of thioether (sulfide) groups is 1. The summed E-state index contributed by atoms with van der Waals surface area (Å²) < 4.78 is 0. The number of nitrogens with one attached hydrogen (secondary N) is 1. The van der Waals surface area contributed by atoms with Crippen molar-refractivity contribution in [2.45, 2.75) is 4.90 Å². The van der Waals surface area contributed by atoms with Gasteiger partial charge in [-0.05, 0) is 24.3 Å². The molecule has 0 bridgehead atoms. The monoisotopic (exact) mass is 258 g/mol. The predicted octanol–water partition coefficient (Wildman–Crippen LogP) is 2.95. The Kier molecular flexibility index (Phi) is 4.25. The number of hydrogen-bond donors (Lipinski definition) is 2. The van der Waals surface area contributed by atoms with E-state index in [1.54, 1.807) is 17.8 Å². The van der Waals surface area contributed by atoms with Crippen molar-refractivity contribution in [2.75, 3.05) is 11.2 Å². The molecule has 2 aromatic carbocycles. The van der Waals surface area contributed by atoms with Crippen molar-refractivity contribution in [3.05, 3.63) is 60.2 Å². The summed E-state index contributed by atoms with van der Waals surface area (Å²) >= 11 is 1.56. The van der Waals surface area contributed by atoms with Crippen LogP contribution in [0.1, 0.15) is 10.4 Å². The Bertz CT molecular complexity index is 528. The smallest absolute Gasteiger partial charge is 0.249 e. The van der Waals surface area contributed by atoms with Crippen LogP contribution >= 0.6 is 11.8 Å². The fourth-order valence-electron chi connectivity index (χ4n) is 1.55. The topological polar surface area (TPSA) is 55.1 Å². The van der Waals surface area contributed by atoms with Gasteiger partial charge in [-0.1, -0.05) is 30.3 Å². The highest BCUT2D eigenvalue weighted by molar-refractivity contribution is 7.99. The van der Waals surface area contributed by atoms with Crippen molar-refractivity contribution < 1.29 is 4.79 Å². The first-order valence-corrected chi connectivity index (χ1v) is 6.56. The lowest BCUT2D eigenvalue weighted by molar-refractivity contribution is 0.0997. The maximum atomic E-state index is 11.2. The first-order valence-electron chi connectivity index (χ1n) is 5.58. The molecule has 1 amide bonds. The van der Waals surface area contributed by atoms with Crippen LogP contribution in [0.5, 0.6) is 0 Å². The lowest BCUT2D eigenvalue weighted by Crippen LogP contribution is -2.12. The van der Waals surface area contributed by atoms with Crippen molar-refractivity contribution in [1.82, 2.24) is 0 Å². The van der Waals surface area contributed by atoms with Gasteiger partial charge in [-0.25, -0.2) is 0 Å². The Morgan fingerprint density at radius 1 is 1.06 bits per heavy atom. The van der Waals surface area contributed by atoms with Crippen molar-refractivity contribution in [3.8, 4) is 0 Å². The van der Waals surface area contributed by atoms with Crippen LogP contribution in [0.15, 0.2) is 59.5 Å². The second-order valence-corrected chi connectivity index (χ2v) is 4.71. The summed E-state index contributed by atoms with van der Waals surface area (Å²) in [6, 6.07) is 17.3. The number of rotatable bonds is 5. The van der Waals surface area contributed by atoms with Gasteiger partial charge in [0.25, 0.3) is 0 Å². The molecule has 0 radical (unpaired) electrons. The number of carbonyl (C=O) groups is 1. The molecule has 0 spiro atoms. The average molecular weight is 258 g/mol. The van der Waals surface area contributed by atoms with Crippen LogP contribution in [0.2, 0.25) is 0 Å². The molecule has 0 aliphatic rings. The molecule has 0 unspecified atom stereocenters. The van der Waals surface area contributed by atoms with Crippen molar-refractivity contribution in [3.63, 3.8) is 0 Å². The van der Waals surface area contributed by atoms with E-state index in [1.807, 2.05) is 48.5 Å². The third-order valence-corrected chi connectivity index (χ3v) is 3.39. The van der Waals surface area contributed by atoms with Gasteiger partial charge in [-0.15, -0.1) is 11.8 Å². The Morgan fingerprint density at radius 3 is 2.44 bits per heavy atom. The summed E-state index contributed by atoms with van der Waals surface area (Å²) in [6.07, 6.45) is 0. The minimum atomic E-state index is -0.391. The predicted molar refractivity (Wildman–Crippen MR) is 75.7 cm³/mol. The van der Waals surface area contributed by atoms with Crippen LogP contribution in [0.25, 0.3) is 0 Å². The van der Waals surface area contributed by atoms with Gasteiger partial charge in [-0.3, -0.25) is 4.79 Å². The van der Waals surface area contributed by atoms with Crippen LogP contribution in [0, 0.1) is 0 Å². The molecule has 3 N–H and O–H groups in total. The third-order valence-electron chi connectivity index (χ3n) is 2.43. The van der Waals surface area contributed by atoms with Gasteiger partial charge in [-0.2, -0.15) is 0 Å². The fraction of sp³-hybridized carbons (Fsp3) is 0.0714. The van der Waals surface area contributed by atoms with E-state index in [4.69, 9.17) is 5.73 Å². The second kappa shape index (κ2) is 6.12. The van der Waals surface area contributed by atoms with Gasteiger partial charge < -0.3 is 11.1 Å². The van der Waals surface area contributed by atoms with E-state index in [2.05, 4.69) is 5.32 Å². The quantitative estimate of drug-likeness (QED) is 0.640. The standard InChI is InChI=1S/C14H14N2OS/c15-14(17)12-8-4-5-9-13(12)18-10-16-11-6-2-1-3-7-11/h1-9,16H,10H2,(H2,15,17). The molecule has 2 aromatic rings. The van der Waals surface area contributed by atoms with Crippen LogP contribution in [-0.4, -0.2) is 11.8 Å². The van der Waals surface area contributed by atoms with Crippen molar-refractivity contribution >= 4 is 23.4 Å². The largest absolute Gasteiger partial charge is 0.376 e. The van der Waals surface area contributed by atoms with Gasteiger partial charge in [0.05, 0.1) is 11.4 Å². The first-order chi connectivity index (χ1) is 8.77. The fourth-order valence-corrected chi connectivity index (χ4v) is 2.44. The van der Waals surface area contributed by atoms with Crippen LogP contribution in [-0.2, 0) is 0 Å². The lowest BCUT2D eigenvalue weighted by atomic mass is 10.2. The van der Waals surface area contributed by atoms with Crippen molar-refractivity contribution in [2.24, 2.45) is 5.73 Å². The third kappa shape index (κ3) is 3.28. The number of nitrogens with two attached hydrogens (primary N) is 1. The molecular formula is C14H14N2OS. The van der Waals surface area contributed by atoms with Crippen LogP contribution < -0.4 is 11.1 Å². The second-order valence-electron chi connectivity index (χ2n) is 3.69. The van der Waals surface area contributed by atoms with E-state index in [1.165, 1.54) is 0 Å². The molecule has 0 aromatic heterocycles. The molecule has 0 atom stereocenters. The molecule has 0 aliphatic carbocycles. The number of hydrogen-bond acceptors (Lipinski definition) is 3. The Hall–Kier alpha value is -1.94. The van der Waals surface area contributed by atoms with Gasteiger partial charge in [0.2, 0.25) is 5.91 Å². The molecule has 0 saturated carbocycles. The van der Waals surface area contributed by atoms with Gasteiger partial charge >= 0.3 is 0 Å². The highest BCUT2D eigenvalue weighted by atomic mass is 32.2. The number of benzene rings is 2. The van der Waals surface area contributed by atoms with Gasteiger partial charge in [0.15, 0.2) is 0 Å². The highest BCUT2D eigenvalue weighted by Gasteiger charge is 2.06. The molecule has 4 heteroatoms. The summed E-state index contributed by atoms with van der Waals surface area (Å²) in [5.74, 6) is 0.298. The van der Waals surface area contributed by atoms with E-state index in [0.29, 0.717) is 11.4 Å². The number of carbonyl (C=O) groups excluding carboxylic acids is 1. The van der Waals surface area contributed by atoms with E-state index in [9.17, 15) is 4.79 Å². The molecule has 0 saturated heterocycles. The zero-order valence-corrected chi connectivity index (χ0v) is 10.6. The molecule has 0 heterocycles. The number of anilines is 1. The number of primary amides is 1. The van der Waals surface area contributed by atoms with Crippen LogP contribution in [0.4, 0.5) is 5.69 Å². The lowest BCUT2D eigenvalue weighted by Gasteiger charge is -2.08. The molecule has 18 heavy (non-hydrogen) atoms. The minimum Gasteiger partial charge on any atom is -0.376 e. The molecular weight excluding hydrogens is 244 g/mol. The summed E-state index contributed by atoms with van der Waals surface area (Å²) in [7, 11) is 0. The van der Waals surface area contributed by atoms with Crippen LogP contribution in [0.3, 0.4) is 0 Å². The molecule has 0 fully saturated rings. The van der Waals surface area contributed by atoms with Gasteiger partial charge in [0, 0.05) is 10.6 Å². The normalized spacial score (nSPS) is 10.0. The Labute approximate surface area is 110 Å². The van der Waals surface area contributed by atoms with Gasteiger partial charge in [0.1, 0.15) is 0 Å². The molecule has 2 rings (SSSR count). The zero-order valence-electron chi connectivity index (χ0n) is 9.80. The van der Waals surface area contributed by atoms with E-state index < -0.39 is 5.91 Å². The maximum absolute atomic E-state index is 11.2. The zero-order chi connectivity index (χ0) is 12.8. The average Bonchev–Trinajstić information content (AvgIpc) is 2.40. The highest BCUT2D eigenvalue weighted by Crippen LogP contribution is 2.22. The van der Waals surface area contributed by atoms with E-state index in [0.717, 1.165) is 10.6 Å². The summed E-state index contributed by atoms with van der Waals surface area (Å²) in [5.41, 5.74) is 6.95. The first kappa shape index (κ1) is 12.5. The minimum absolute atomic E-state index is 0.391. The Morgan fingerprint density at radius 2 is 1.72 bits per heavy atom. The van der Waals surface area contributed by atoms with Crippen molar-refractivity contribution in [1.29, 1.82) is 0 Å². The summed E-state index contributed by atoms with van der Waals surface area (Å²) in [4.78, 5) is 12.1. The molecule has 0 aliphatic heterocycles.